The fraction of sp³-hybridized carbons (Fsp3) is 0.387. The molecule has 1 saturated carbocycles. The minimum Gasteiger partial charge on any atom is -0.369 e. The summed E-state index contributed by atoms with van der Waals surface area (Å²) < 4.78 is 1.90. The number of likely N-dealkylation sites (N-methyl/N-ethyl adjacent to an activating group) is 1. The van der Waals surface area contributed by atoms with Crippen molar-refractivity contribution in [3.05, 3.63) is 75.7 Å². The van der Waals surface area contributed by atoms with E-state index in [4.69, 9.17) is 16.6 Å². The van der Waals surface area contributed by atoms with Gasteiger partial charge < -0.3 is 15.1 Å². The van der Waals surface area contributed by atoms with Crippen LogP contribution in [-0.4, -0.2) is 52.7 Å². The first-order valence-electron chi connectivity index (χ1n) is 14.0. The third kappa shape index (κ3) is 5.25. The summed E-state index contributed by atoms with van der Waals surface area (Å²) in [6.07, 6.45) is 7.20. The Labute approximate surface area is 234 Å². The molecule has 6 rings (SSSR count). The highest BCUT2D eigenvalue weighted by molar-refractivity contribution is 6.33. The molecule has 0 bridgehead atoms. The Morgan fingerprint density at radius 2 is 1.72 bits per heavy atom. The van der Waals surface area contributed by atoms with Crippen molar-refractivity contribution in [2.75, 3.05) is 43.4 Å². The number of aromatic nitrogens is 3. The Morgan fingerprint density at radius 3 is 2.46 bits per heavy atom. The average Bonchev–Trinajstić information content (AvgIpc) is 2.94. The van der Waals surface area contributed by atoms with Gasteiger partial charge in [0, 0.05) is 71.3 Å². The first kappa shape index (κ1) is 25.8. The highest BCUT2D eigenvalue weighted by atomic mass is 35.5. The Morgan fingerprint density at radius 1 is 0.949 bits per heavy atom. The number of benzene rings is 2. The first-order valence-corrected chi connectivity index (χ1v) is 14.3. The van der Waals surface area contributed by atoms with E-state index >= 15 is 0 Å². The van der Waals surface area contributed by atoms with Crippen LogP contribution in [-0.2, 0) is 0 Å². The van der Waals surface area contributed by atoms with Crippen LogP contribution in [0.5, 0.6) is 0 Å². The highest BCUT2D eigenvalue weighted by Crippen LogP contribution is 2.33. The normalized spacial score (nSPS) is 17.1. The number of nitrogens with one attached hydrogen (secondary N) is 1. The molecule has 1 saturated heterocycles. The van der Waals surface area contributed by atoms with Gasteiger partial charge in [0.15, 0.2) is 0 Å². The third-order valence-corrected chi connectivity index (χ3v) is 8.50. The van der Waals surface area contributed by atoms with Gasteiger partial charge in [-0.1, -0.05) is 49.1 Å². The van der Waals surface area contributed by atoms with Gasteiger partial charge in [0.1, 0.15) is 5.65 Å². The lowest BCUT2D eigenvalue weighted by atomic mass is 9.94. The highest BCUT2D eigenvalue weighted by Gasteiger charge is 2.23. The number of hydrogen-bond donors (Lipinski definition) is 1. The maximum Gasteiger partial charge on any atom is 0.260 e. The Hall–Kier alpha value is -3.42. The van der Waals surface area contributed by atoms with Crippen LogP contribution in [0, 0.1) is 6.92 Å². The van der Waals surface area contributed by atoms with E-state index < -0.39 is 0 Å². The first-order chi connectivity index (χ1) is 19.0. The minimum atomic E-state index is -0.0421. The van der Waals surface area contributed by atoms with Crippen LogP contribution in [0.2, 0.25) is 5.02 Å². The molecule has 7 nitrogen and oxygen atoms in total. The molecular formula is C31H35ClN6O. The zero-order valence-electron chi connectivity index (χ0n) is 22.7. The largest absolute Gasteiger partial charge is 0.369 e. The Kier molecular flexibility index (Phi) is 7.28. The zero-order chi connectivity index (χ0) is 26.9. The number of piperazine rings is 1. The van der Waals surface area contributed by atoms with Crippen LogP contribution in [0.3, 0.4) is 0 Å². The number of hydrogen-bond acceptors (Lipinski definition) is 6. The van der Waals surface area contributed by atoms with Gasteiger partial charge in [0.2, 0.25) is 5.95 Å². The van der Waals surface area contributed by atoms with Crippen molar-refractivity contribution in [3.63, 3.8) is 0 Å². The lowest BCUT2D eigenvalue weighted by molar-refractivity contribution is 0.312. The smallest absolute Gasteiger partial charge is 0.260 e. The molecule has 1 aliphatic carbocycles. The van der Waals surface area contributed by atoms with E-state index in [9.17, 15) is 4.79 Å². The van der Waals surface area contributed by atoms with Crippen LogP contribution in [0.25, 0.3) is 22.2 Å². The molecule has 2 aromatic heterocycles. The molecule has 4 aromatic rings. The predicted octanol–water partition coefficient (Wildman–Crippen LogP) is 6.42. The number of pyridine rings is 1. The molecule has 0 atom stereocenters. The maximum absolute atomic E-state index is 14.0. The van der Waals surface area contributed by atoms with Gasteiger partial charge in [0.05, 0.1) is 0 Å². The van der Waals surface area contributed by atoms with E-state index in [1.165, 1.54) is 17.7 Å². The lowest BCUT2D eigenvalue weighted by Gasteiger charge is -2.35. The molecule has 202 valence electrons. The summed E-state index contributed by atoms with van der Waals surface area (Å²) >= 11 is 6.52. The summed E-state index contributed by atoms with van der Waals surface area (Å²) in [4.78, 5) is 28.3. The predicted molar refractivity (Wildman–Crippen MR) is 161 cm³/mol. The molecule has 2 aromatic carbocycles. The molecular weight excluding hydrogens is 508 g/mol. The average molecular weight is 543 g/mol. The molecule has 1 N–H and O–H groups in total. The van der Waals surface area contributed by atoms with E-state index in [1.54, 1.807) is 0 Å². The standard InChI is InChI=1S/C31H35ClN6O/c1-21-18-23(12-13-28(21)37-16-14-36(2)15-17-37)34-31-33-20-22-19-26(25-10-6-7-11-27(25)32)30(39)38(29(22)35-31)24-8-4-3-5-9-24/h6-7,10-13,18-20,24H,3-5,8-9,14-17H2,1-2H3,(H,33,34,35). The van der Waals surface area contributed by atoms with E-state index in [-0.39, 0.29) is 11.6 Å². The maximum atomic E-state index is 14.0. The van der Waals surface area contributed by atoms with Crippen LogP contribution in [0.4, 0.5) is 17.3 Å². The van der Waals surface area contributed by atoms with Gasteiger partial charge in [-0.05, 0) is 62.7 Å². The number of rotatable bonds is 5. The van der Waals surface area contributed by atoms with Gasteiger partial charge >= 0.3 is 0 Å². The van der Waals surface area contributed by atoms with Crippen LogP contribution in [0.1, 0.15) is 43.7 Å². The van der Waals surface area contributed by atoms with Gasteiger partial charge in [-0.3, -0.25) is 9.36 Å². The molecule has 0 amide bonds. The van der Waals surface area contributed by atoms with Crippen molar-refractivity contribution in [1.82, 2.24) is 19.4 Å². The van der Waals surface area contributed by atoms with Gasteiger partial charge in [-0.25, -0.2) is 4.98 Å². The van der Waals surface area contributed by atoms with E-state index in [2.05, 4.69) is 52.3 Å². The van der Waals surface area contributed by atoms with Crippen LogP contribution in [0.15, 0.2) is 59.5 Å². The second kappa shape index (κ2) is 11.0. The van der Waals surface area contributed by atoms with Gasteiger partial charge in [-0.2, -0.15) is 4.98 Å². The van der Waals surface area contributed by atoms with Crippen molar-refractivity contribution in [2.45, 2.75) is 45.1 Å². The number of fused-ring (bicyclic) bond motifs is 1. The van der Waals surface area contributed by atoms with Crippen molar-refractivity contribution in [2.24, 2.45) is 0 Å². The summed E-state index contributed by atoms with van der Waals surface area (Å²) in [6, 6.07) is 15.9. The molecule has 2 fully saturated rings. The van der Waals surface area contributed by atoms with Gasteiger partial charge in [-0.15, -0.1) is 0 Å². The monoisotopic (exact) mass is 542 g/mol. The Bertz CT molecular complexity index is 1550. The van der Waals surface area contributed by atoms with Crippen LogP contribution >= 0.6 is 11.6 Å². The van der Waals surface area contributed by atoms with Crippen molar-refractivity contribution in [1.29, 1.82) is 0 Å². The molecule has 3 heterocycles. The molecule has 0 spiro atoms. The molecule has 1 aliphatic heterocycles. The summed E-state index contributed by atoms with van der Waals surface area (Å²) in [7, 11) is 2.17. The summed E-state index contributed by atoms with van der Waals surface area (Å²) in [5, 5.41) is 4.80. The summed E-state index contributed by atoms with van der Waals surface area (Å²) in [6.45, 7) is 6.37. The molecule has 0 unspecified atom stereocenters. The topological polar surface area (TPSA) is 66.3 Å². The van der Waals surface area contributed by atoms with E-state index in [0.29, 0.717) is 22.2 Å². The van der Waals surface area contributed by atoms with Crippen molar-refractivity contribution >= 4 is 40.0 Å². The number of halogens is 1. The van der Waals surface area contributed by atoms with E-state index in [0.717, 1.165) is 68.5 Å². The van der Waals surface area contributed by atoms with E-state index in [1.807, 2.05) is 41.1 Å². The van der Waals surface area contributed by atoms with Crippen molar-refractivity contribution < 1.29 is 0 Å². The minimum absolute atomic E-state index is 0.0421. The Balaban J connectivity index is 1.37. The third-order valence-electron chi connectivity index (χ3n) is 8.17. The summed E-state index contributed by atoms with van der Waals surface area (Å²) in [5.74, 6) is 0.490. The number of anilines is 3. The molecule has 2 aliphatic rings. The number of aryl methyl sites for hydroxylation is 1. The second-order valence-corrected chi connectivity index (χ2v) is 11.3. The number of nitrogens with zero attached hydrogens (tertiary/aromatic N) is 5. The summed E-state index contributed by atoms with van der Waals surface area (Å²) in [5.41, 5.74) is 5.39. The molecule has 8 heteroatoms. The fourth-order valence-electron chi connectivity index (χ4n) is 6.00. The second-order valence-electron chi connectivity index (χ2n) is 10.9. The fourth-order valence-corrected chi connectivity index (χ4v) is 6.23. The lowest BCUT2D eigenvalue weighted by Crippen LogP contribution is -2.44. The van der Waals surface area contributed by atoms with Crippen LogP contribution < -0.4 is 15.8 Å². The molecule has 0 radical (unpaired) electrons. The zero-order valence-corrected chi connectivity index (χ0v) is 23.4. The van der Waals surface area contributed by atoms with Gasteiger partial charge in [0.25, 0.3) is 5.56 Å². The SMILES string of the molecule is Cc1cc(Nc2ncc3cc(-c4ccccc4Cl)c(=O)n(C4CCCCC4)c3n2)ccc1N1CCN(C)CC1. The molecule has 39 heavy (non-hydrogen) atoms. The quantitative estimate of drug-likeness (QED) is 0.314. The van der Waals surface area contributed by atoms with Crippen molar-refractivity contribution in [3.8, 4) is 11.1 Å².